The molecular weight excluding hydrogens is 462 g/mol. The normalized spacial score (nSPS) is 13.2. The summed E-state index contributed by atoms with van der Waals surface area (Å²) in [7, 11) is 0. The van der Waals surface area contributed by atoms with Crippen LogP contribution in [0.5, 0.6) is 0 Å². The molecule has 1 aliphatic heterocycles. The highest BCUT2D eigenvalue weighted by Gasteiger charge is 2.26. The Morgan fingerprint density at radius 1 is 1.08 bits per heavy atom. The molecule has 9 heteroatoms. The first-order chi connectivity index (χ1) is 17.4. The fraction of sp³-hybridized carbons (Fsp3) is 0.222. The molecule has 1 aliphatic rings. The summed E-state index contributed by atoms with van der Waals surface area (Å²) < 4.78 is 28.9. The van der Waals surface area contributed by atoms with Crippen molar-refractivity contribution in [2.24, 2.45) is 0 Å². The van der Waals surface area contributed by atoms with Crippen LogP contribution < -0.4 is 4.90 Å². The predicted molar refractivity (Wildman–Crippen MR) is 135 cm³/mol. The van der Waals surface area contributed by atoms with Gasteiger partial charge in [0.15, 0.2) is 11.6 Å². The highest BCUT2D eigenvalue weighted by Crippen LogP contribution is 2.34. The molecule has 0 spiro atoms. The number of hydrogen-bond acceptors (Lipinski definition) is 6. The van der Waals surface area contributed by atoms with Crippen LogP contribution in [0.1, 0.15) is 12.5 Å². The van der Waals surface area contributed by atoms with Gasteiger partial charge in [0.25, 0.3) is 5.91 Å². The number of rotatable bonds is 3. The maximum atomic E-state index is 15.7. The molecule has 0 aliphatic carbocycles. The lowest BCUT2D eigenvalue weighted by Gasteiger charge is -2.35. The minimum atomic E-state index is -0.974. The molecular formula is C27H24F2N6O. The lowest BCUT2D eigenvalue weighted by atomic mass is 9.97. The quantitative estimate of drug-likeness (QED) is 0.381. The Hall–Kier alpha value is -4.45. The van der Waals surface area contributed by atoms with E-state index in [9.17, 15) is 9.18 Å². The number of piperazine rings is 1. The molecule has 2 aromatic heterocycles. The molecule has 2 aromatic carbocycles. The lowest BCUT2D eigenvalue weighted by Crippen LogP contribution is -2.49. The van der Waals surface area contributed by atoms with Crippen molar-refractivity contribution < 1.29 is 13.6 Å². The fourth-order valence-electron chi connectivity index (χ4n) is 4.44. The lowest BCUT2D eigenvalue weighted by molar-refractivity contribution is -0.128. The number of amides is 1. The predicted octanol–water partition coefficient (Wildman–Crippen LogP) is 4.95. The Morgan fingerprint density at radius 2 is 1.75 bits per heavy atom. The van der Waals surface area contributed by atoms with Gasteiger partial charge in [-0.05, 0) is 23.3 Å². The molecule has 0 unspecified atom stereocenters. The molecule has 0 saturated carbocycles. The number of carbonyl (C=O) groups is 1. The number of nitrogens with zero attached hydrogens (tertiary/aromatic N) is 6. The van der Waals surface area contributed by atoms with E-state index < -0.39 is 17.6 Å². The van der Waals surface area contributed by atoms with Gasteiger partial charge in [0.1, 0.15) is 23.4 Å². The van der Waals surface area contributed by atoms with E-state index in [1.165, 1.54) is 18.2 Å². The van der Waals surface area contributed by atoms with E-state index in [0.717, 1.165) is 16.3 Å². The summed E-state index contributed by atoms with van der Waals surface area (Å²) in [4.78, 5) is 28.2. The fourth-order valence-corrected chi connectivity index (χ4v) is 4.44. The molecule has 1 fully saturated rings. The van der Waals surface area contributed by atoms with Crippen molar-refractivity contribution in [1.82, 2.24) is 19.9 Å². The van der Waals surface area contributed by atoms with Gasteiger partial charge in [-0.25, -0.2) is 18.7 Å². The molecule has 5 rings (SSSR count). The van der Waals surface area contributed by atoms with Crippen LogP contribution in [0.15, 0.2) is 61.3 Å². The van der Waals surface area contributed by atoms with E-state index in [2.05, 4.69) is 21.5 Å². The number of carbonyl (C=O) groups excluding carboxylic acids is 1. The van der Waals surface area contributed by atoms with E-state index in [1.807, 2.05) is 48.2 Å². The van der Waals surface area contributed by atoms with Crippen molar-refractivity contribution in [2.75, 3.05) is 31.1 Å². The minimum Gasteiger partial charge on any atom is -0.352 e. The van der Waals surface area contributed by atoms with Crippen LogP contribution >= 0.6 is 0 Å². The minimum absolute atomic E-state index is 0.186. The van der Waals surface area contributed by atoms with E-state index >= 15 is 4.39 Å². The third-order valence-electron chi connectivity index (χ3n) is 6.07. The number of benzene rings is 2. The zero-order valence-electron chi connectivity index (χ0n) is 20.0. The standard InChI is InChI=1S/C25H21F2N5O.C2H3N/c1-15-5-3-6-17-7-4-8-18(20(15)17)22-21(27)23-19(13-28-22)24(30-14-29-23)31-9-11-32(12-10-31)25(33)16(2)26;1-2-3/h3-8,13-14H,2,9-12H2,1H3;1H3. The van der Waals surface area contributed by atoms with E-state index in [4.69, 9.17) is 5.26 Å². The van der Waals surface area contributed by atoms with Crippen LogP contribution in [-0.4, -0.2) is 51.9 Å². The number of fused-ring (bicyclic) bond motifs is 2. The number of anilines is 1. The van der Waals surface area contributed by atoms with Crippen LogP contribution in [-0.2, 0) is 4.79 Å². The van der Waals surface area contributed by atoms with Crippen LogP contribution in [0, 0.1) is 24.1 Å². The molecule has 36 heavy (non-hydrogen) atoms. The molecule has 1 saturated heterocycles. The van der Waals surface area contributed by atoms with Crippen molar-refractivity contribution in [1.29, 1.82) is 5.26 Å². The van der Waals surface area contributed by atoms with Gasteiger partial charge in [-0.1, -0.05) is 43.0 Å². The SMILES string of the molecule is C=C(F)C(=O)N1CCN(c2ncnc3c(F)c(-c4cccc5cccc(C)c45)ncc23)CC1.CC#N. The summed E-state index contributed by atoms with van der Waals surface area (Å²) in [5, 5.41) is 9.78. The van der Waals surface area contributed by atoms with Gasteiger partial charge in [-0.3, -0.25) is 9.78 Å². The van der Waals surface area contributed by atoms with Gasteiger partial charge < -0.3 is 9.80 Å². The van der Waals surface area contributed by atoms with Gasteiger partial charge in [-0.2, -0.15) is 5.26 Å². The monoisotopic (exact) mass is 486 g/mol. The first-order valence-corrected chi connectivity index (χ1v) is 11.3. The van der Waals surface area contributed by atoms with Crippen molar-refractivity contribution in [3.63, 3.8) is 0 Å². The molecule has 4 aromatic rings. The zero-order chi connectivity index (χ0) is 25.8. The Balaban J connectivity index is 0.000000967. The Labute approximate surface area is 207 Å². The van der Waals surface area contributed by atoms with Crippen LogP contribution in [0.4, 0.5) is 14.6 Å². The zero-order valence-corrected chi connectivity index (χ0v) is 20.0. The van der Waals surface area contributed by atoms with E-state index in [1.54, 1.807) is 12.3 Å². The summed E-state index contributed by atoms with van der Waals surface area (Å²) >= 11 is 0. The largest absolute Gasteiger partial charge is 0.352 e. The second-order valence-electron chi connectivity index (χ2n) is 8.27. The van der Waals surface area contributed by atoms with E-state index in [-0.39, 0.29) is 11.2 Å². The maximum absolute atomic E-state index is 15.7. The molecule has 1 amide bonds. The summed E-state index contributed by atoms with van der Waals surface area (Å²) in [6.07, 6.45) is 2.93. The Bertz CT molecular complexity index is 1500. The highest BCUT2D eigenvalue weighted by molar-refractivity contribution is 6.00. The third-order valence-corrected chi connectivity index (χ3v) is 6.07. The number of nitriles is 1. The summed E-state index contributed by atoms with van der Waals surface area (Å²) in [6.45, 7) is 7.99. The van der Waals surface area contributed by atoms with Gasteiger partial charge >= 0.3 is 0 Å². The van der Waals surface area contributed by atoms with Crippen LogP contribution in [0.3, 0.4) is 0 Å². The topological polar surface area (TPSA) is 86.0 Å². The molecule has 0 N–H and O–H groups in total. The smallest absolute Gasteiger partial charge is 0.282 e. The molecule has 0 radical (unpaired) electrons. The Kier molecular flexibility index (Phi) is 7.15. The van der Waals surface area contributed by atoms with Crippen molar-refractivity contribution in [3.8, 4) is 17.3 Å². The van der Waals surface area contributed by atoms with Crippen LogP contribution in [0.2, 0.25) is 0 Å². The first kappa shape index (κ1) is 24.7. The van der Waals surface area contributed by atoms with Crippen LogP contribution in [0.25, 0.3) is 32.9 Å². The summed E-state index contributed by atoms with van der Waals surface area (Å²) in [5.41, 5.74) is 2.18. The molecule has 0 atom stereocenters. The summed E-state index contributed by atoms with van der Waals surface area (Å²) in [6, 6.07) is 13.5. The number of hydrogen-bond donors (Lipinski definition) is 0. The molecule has 7 nitrogen and oxygen atoms in total. The average molecular weight is 487 g/mol. The van der Waals surface area contributed by atoms with Gasteiger partial charge in [0.2, 0.25) is 0 Å². The first-order valence-electron chi connectivity index (χ1n) is 11.3. The third kappa shape index (κ3) is 4.58. The number of aryl methyl sites for hydroxylation is 1. The molecule has 0 bridgehead atoms. The number of aromatic nitrogens is 3. The highest BCUT2D eigenvalue weighted by atomic mass is 19.1. The van der Waals surface area contributed by atoms with Crippen molar-refractivity contribution in [3.05, 3.63) is 72.7 Å². The Morgan fingerprint density at radius 3 is 2.42 bits per heavy atom. The van der Waals surface area contributed by atoms with E-state index in [0.29, 0.717) is 42.9 Å². The van der Waals surface area contributed by atoms with Gasteiger partial charge in [0, 0.05) is 44.9 Å². The van der Waals surface area contributed by atoms with Gasteiger partial charge in [-0.15, -0.1) is 0 Å². The average Bonchev–Trinajstić information content (AvgIpc) is 2.89. The summed E-state index contributed by atoms with van der Waals surface area (Å²) in [5.74, 6) is -1.64. The van der Waals surface area contributed by atoms with Crippen molar-refractivity contribution in [2.45, 2.75) is 13.8 Å². The second kappa shape index (κ2) is 10.4. The number of pyridine rings is 1. The maximum Gasteiger partial charge on any atom is 0.282 e. The van der Waals surface area contributed by atoms with Gasteiger partial charge in [0.05, 0.1) is 11.5 Å². The second-order valence-corrected chi connectivity index (χ2v) is 8.27. The van der Waals surface area contributed by atoms with Crippen molar-refractivity contribution >= 4 is 33.4 Å². The molecule has 182 valence electrons. The molecule has 3 heterocycles. The number of halogens is 2.